The van der Waals surface area contributed by atoms with Crippen molar-refractivity contribution in [2.75, 3.05) is 45.9 Å². The quantitative estimate of drug-likeness (QED) is 0.687. The molecule has 34 heavy (non-hydrogen) atoms. The number of aliphatic carboxylic acids is 1. The van der Waals surface area contributed by atoms with Gasteiger partial charge in [0.15, 0.2) is 6.61 Å². The molecule has 0 aliphatic carbocycles. The number of carboxylic acids is 1. The Balaban J connectivity index is 0.000000406. The summed E-state index contributed by atoms with van der Waals surface area (Å²) in [4.78, 5) is 25.9. The van der Waals surface area contributed by atoms with Crippen LogP contribution in [0.3, 0.4) is 0 Å². The molecule has 3 saturated heterocycles. The summed E-state index contributed by atoms with van der Waals surface area (Å²) in [5.41, 5.74) is 1.48. The number of nitrogens with zero attached hydrogens (tertiary/aromatic N) is 2. The zero-order valence-corrected chi connectivity index (χ0v) is 19.5. The largest absolute Gasteiger partial charge is 0.490 e. The van der Waals surface area contributed by atoms with Crippen LogP contribution >= 0.6 is 0 Å². The molecule has 190 valence electrons. The number of amides is 1. The fourth-order valence-corrected chi connectivity index (χ4v) is 4.72. The lowest BCUT2D eigenvalue weighted by Gasteiger charge is -2.38. The molecule has 3 aliphatic rings. The van der Waals surface area contributed by atoms with Crippen LogP contribution in [0.1, 0.15) is 37.7 Å². The summed E-state index contributed by atoms with van der Waals surface area (Å²) in [6.07, 6.45) is 1.24. The minimum atomic E-state index is -5.08. The number of carbonyl (C=O) groups excluding carboxylic acids is 1. The van der Waals surface area contributed by atoms with Gasteiger partial charge in [0.25, 0.3) is 5.91 Å². The van der Waals surface area contributed by atoms with Crippen LogP contribution in [0.15, 0.2) is 24.3 Å². The minimum Gasteiger partial charge on any atom is -0.484 e. The van der Waals surface area contributed by atoms with Crippen LogP contribution in [0.25, 0.3) is 0 Å². The van der Waals surface area contributed by atoms with Crippen molar-refractivity contribution in [2.45, 2.75) is 51.3 Å². The fourth-order valence-electron chi connectivity index (χ4n) is 4.72. The Morgan fingerprint density at radius 1 is 1.12 bits per heavy atom. The van der Waals surface area contributed by atoms with Gasteiger partial charge in [-0.3, -0.25) is 4.79 Å². The molecule has 3 aliphatic heterocycles. The molecular formula is C24H33F3N2O5. The molecule has 10 heteroatoms. The lowest BCUT2D eigenvalue weighted by molar-refractivity contribution is -0.192. The number of likely N-dealkylation sites (tertiary alicyclic amines) is 2. The van der Waals surface area contributed by atoms with Gasteiger partial charge in [0.1, 0.15) is 5.75 Å². The Morgan fingerprint density at radius 3 is 2.26 bits per heavy atom. The number of piperidine rings is 1. The molecule has 0 bridgehead atoms. The summed E-state index contributed by atoms with van der Waals surface area (Å²) in [6.45, 7) is 8.26. The monoisotopic (exact) mass is 486 g/mol. The summed E-state index contributed by atoms with van der Waals surface area (Å²) in [5.74, 6) is -1.90. The van der Waals surface area contributed by atoms with Crippen LogP contribution in [-0.4, -0.2) is 85.0 Å². The van der Waals surface area contributed by atoms with Crippen molar-refractivity contribution in [2.24, 2.45) is 5.41 Å². The number of aryl methyl sites for hydroxylation is 1. The van der Waals surface area contributed by atoms with Crippen molar-refractivity contribution < 1.29 is 37.3 Å². The lowest BCUT2D eigenvalue weighted by Crippen LogP contribution is -2.45. The number of ether oxygens (including phenoxy) is 2. The normalized spacial score (nSPS) is 22.4. The van der Waals surface area contributed by atoms with Crippen molar-refractivity contribution >= 4 is 11.9 Å². The maximum atomic E-state index is 12.5. The van der Waals surface area contributed by atoms with Gasteiger partial charge in [0.05, 0.1) is 12.7 Å². The first-order valence-electron chi connectivity index (χ1n) is 11.7. The second kappa shape index (κ2) is 11.4. The van der Waals surface area contributed by atoms with Crippen molar-refractivity contribution in [3.05, 3.63) is 29.8 Å². The highest BCUT2D eigenvalue weighted by molar-refractivity contribution is 5.77. The molecule has 7 nitrogen and oxygen atoms in total. The first kappa shape index (κ1) is 26.3. The Labute approximate surface area is 197 Å². The number of hydrogen-bond acceptors (Lipinski definition) is 5. The van der Waals surface area contributed by atoms with Gasteiger partial charge in [-0.25, -0.2) is 4.79 Å². The van der Waals surface area contributed by atoms with Crippen LogP contribution in [0, 0.1) is 12.3 Å². The van der Waals surface area contributed by atoms with E-state index >= 15 is 0 Å². The second-order valence-electron chi connectivity index (χ2n) is 9.43. The molecule has 4 rings (SSSR count). The zero-order valence-electron chi connectivity index (χ0n) is 19.5. The van der Waals surface area contributed by atoms with Crippen LogP contribution in [-0.2, 0) is 14.3 Å². The van der Waals surface area contributed by atoms with Gasteiger partial charge in [-0.15, -0.1) is 0 Å². The van der Waals surface area contributed by atoms with Crippen molar-refractivity contribution in [3.8, 4) is 5.75 Å². The maximum absolute atomic E-state index is 12.5. The lowest BCUT2D eigenvalue weighted by atomic mass is 9.76. The van der Waals surface area contributed by atoms with Gasteiger partial charge < -0.3 is 24.4 Å². The van der Waals surface area contributed by atoms with Crippen molar-refractivity contribution in [1.82, 2.24) is 9.80 Å². The van der Waals surface area contributed by atoms with E-state index in [1.54, 1.807) is 0 Å². The maximum Gasteiger partial charge on any atom is 0.490 e. The molecule has 0 aromatic heterocycles. The van der Waals surface area contributed by atoms with Crippen LogP contribution in [0.5, 0.6) is 5.75 Å². The number of carboxylic acid groups (broad SMARTS) is 1. The van der Waals surface area contributed by atoms with Gasteiger partial charge >= 0.3 is 12.1 Å². The molecule has 1 atom stereocenters. The SMILES string of the molecule is Cc1ccc(OCC(=O)N2CCC3(CC2)COC(CN2CCCC2)C3)cc1.O=C(O)C(F)(F)F. The van der Waals surface area contributed by atoms with Crippen LogP contribution in [0.2, 0.25) is 0 Å². The van der Waals surface area contributed by atoms with E-state index in [2.05, 4.69) is 4.90 Å². The summed E-state index contributed by atoms with van der Waals surface area (Å²) in [7, 11) is 0. The number of hydrogen-bond donors (Lipinski definition) is 1. The van der Waals surface area contributed by atoms with E-state index in [0.29, 0.717) is 11.5 Å². The molecule has 0 saturated carbocycles. The predicted octanol–water partition coefficient (Wildman–Crippen LogP) is 3.50. The summed E-state index contributed by atoms with van der Waals surface area (Å²) in [6, 6.07) is 7.85. The first-order chi connectivity index (χ1) is 16.1. The molecule has 1 aromatic rings. The van der Waals surface area contributed by atoms with Crippen molar-refractivity contribution in [3.63, 3.8) is 0 Å². The van der Waals surface area contributed by atoms with Crippen molar-refractivity contribution in [1.29, 1.82) is 0 Å². The number of carbonyl (C=O) groups is 2. The first-order valence-corrected chi connectivity index (χ1v) is 11.7. The third-order valence-corrected chi connectivity index (χ3v) is 6.75. The standard InChI is InChI=1S/C22H32N2O3.C2HF3O2/c1-18-4-6-19(7-5-18)26-16-21(25)24-12-8-22(9-13-24)14-20(27-17-22)15-23-10-2-3-11-23;3-2(4,5)1(6)7/h4-7,20H,2-3,8-17H2,1H3;(H,6,7). The molecule has 1 N–H and O–H groups in total. The van der Waals surface area contributed by atoms with E-state index in [4.69, 9.17) is 19.4 Å². The second-order valence-corrected chi connectivity index (χ2v) is 9.43. The number of rotatable bonds is 5. The third kappa shape index (κ3) is 7.59. The third-order valence-electron chi connectivity index (χ3n) is 6.75. The van der Waals surface area contributed by atoms with Gasteiger partial charge in [0, 0.05) is 19.6 Å². The van der Waals surface area contributed by atoms with E-state index in [1.165, 1.54) is 31.5 Å². The van der Waals surface area contributed by atoms with Gasteiger partial charge in [-0.2, -0.15) is 13.2 Å². The summed E-state index contributed by atoms with van der Waals surface area (Å²) < 4.78 is 43.5. The Morgan fingerprint density at radius 2 is 1.71 bits per heavy atom. The Bertz CT molecular complexity index is 817. The molecule has 1 amide bonds. The van der Waals surface area contributed by atoms with Gasteiger partial charge in [-0.1, -0.05) is 17.7 Å². The average molecular weight is 487 g/mol. The molecule has 0 radical (unpaired) electrons. The topological polar surface area (TPSA) is 79.3 Å². The highest BCUT2D eigenvalue weighted by atomic mass is 19.4. The smallest absolute Gasteiger partial charge is 0.484 e. The number of halogens is 3. The predicted molar refractivity (Wildman–Crippen MR) is 119 cm³/mol. The Hall–Kier alpha value is -2.33. The highest BCUT2D eigenvalue weighted by Crippen LogP contribution is 2.42. The minimum absolute atomic E-state index is 0.0953. The summed E-state index contributed by atoms with van der Waals surface area (Å²) in [5, 5.41) is 7.12. The molecular weight excluding hydrogens is 453 g/mol. The number of benzene rings is 1. The van der Waals surface area contributed by atoms with E-state index in [1.807, 2.05) is 36.1 Å². The van der Waals surface area contributed by atoms with Crippen LogP contribution < -0.4 is 4.74 Å². The molecule has 3 fully saturated rings. The van der Waals surface area contributed by atoms with E-state index < -0.39 is 12.1 Å². The van der Waals surface area contributed by atoms with E-state index in [0.717, 1.165) is 51.3 Å². The summed E-state index contributed by atoms with van der Waals surface area (Å²) >= 11 is 0. The van der Waals surface area contributed by atoms with E-state index in [9.17, 15) is 18.0 Å². The fraction of sp³-hybridized carbons (Fsp3) is 0.667. The van der Waals surface area contributed by atoms with Gasteiger partial charge in [-0.05, 0) is 69.7 Å². The molecule has 1 aromatic carbocycles. The van der Waals surface area contributed by atoms with Crippen LogP contribution in [0.4, 0.5) is 13.2 Å². The molecule has 1 unspecified atom stereocenters. The van der Waals surface area contributed by atoms with Gasteiger partial charge in [0.2, 0.25) is 0 Å². The molecule has 1 spiro atoms. The molecule has 3 heterocycles. The average Bonchev–Trinajstić information content (AvgIpc) is 3.44. The highest BCUT2D eigenvalue weighted by Gasteiger charge is 2.43. The van der Waals surface area contributed by atoms with E-state index in [-0.39, 0.29) is 12.5 Å². The Kier molecular flexibility index (Phi) is 8.81. The zero-order chi connectivity index (χ0) is 24.8. The number of alkyl halides is 3.